The molecule has 2 aromatic heterocycles. The SMILES string of the molecule is Cn1cccc1C=Nn1c(-c2ccccc2)nc2ccccc2c1=O. The number of hydrogen-bond acceptors (Lipinski definition) is 3. The van der Waals surface area contributed by atoms with E-state index in [9.17, 15) is 4.79 Å². The molecule has 0 saturated heterocycles. The van der Waals surface area contributed by atoms with E-state index in [1.807, 2.05) is 78.5 Å². The number of hydrogen-bond donors (Lipinski definition) is 0. The minimum atomic E-state index is -0.185. The first-order chi connectivity index (χ1) is 12.2. The van der Waals surface area contributed by atoms with Crippen molar-refractivity contribution in [3.05, 3.63) is 89.0 Å². The van der Waals surface area contributed by atoms with Gasteiger partial charge in [-0.25, -0.2) is 4.98 Å². The molecule has 0 fully saturated rings. The van der Waals surface area contributed by atoms with Crippen LogP contribution in [0.1, 0.15) is 5.69 Å². The topological polar surface area (TPSA) is 52.2 Å². The smallest absolute Gasteiger partial charge is 0.282 e. The van der Waals surface area contributed by atoms with E-state index in [0.29, 0.717) is 16.7 Å². The van der Waals surface area contributed by atoms with E-state index in [4.69, 9.17) is 0 Å². The molecule has 0 aliphatic carbocycles. The molecular formula is C20H16N4O. The van der Waals surface area contributed by atoms with Crippen LogP contribution in [0.2, 0.25) is 0 Å². The first-order valence-corrected chi connectivity index (χ1v) is 7.97. The predicted molar refractivity (Wildman–Crippen MR) is 99.8 cm³/mol. The Morgan fingerprint density at radius 1 is 0.960 bits per heavy atom. The fraction of sp³-hybridized carbons (Fsp3) is 0.0500. The number of aromatic nitrogens is 3. The molecule has 0 unspecified atom stereocenters. The van der Waals surface area contributed by atoms with Crippen molar-refractivity contribution in [3.63, 3.8) is 0 Å². The Hall–Kier alpha value is -3.47. The highest BCUT2D eigenvalue weighted by atomic mass is 16.1. The molecule has 5 heteroatoms. The molecule has 4 rings (SSSR count). The third-order valence-electron chi connectivity index (χ3n) is 4.08. The summed E-state index contributed by atoms with van der Waals surface area (Å²) in [6.45, 7) is 0. The lowest BCUT2D eigenvalue weighted by Crippen LogP contribution is -2.20. The van der Waals surface area contributed by atoms with Crippen molar-refractivity contribution in [2.75, 3.05) is 0 Å². The van der Waals surface area contributed by atoms with Crippen molar-refractivity contribution in [2.24, 2.45) is 12.1 Å². The van der Waals surface area contributed by atoms with Crippen LogP contribution < -0.4 is 5.56 Å². The van der Waals surface area contributed by atoms with E-state index in [1.165, 1.54) is 4.68 Å². The van der Waals surface area contributed by atoms with E-state index in [0.717, 1.165) is 11.3 Å². The zero-order valence-corrected chi connectivity index (χ0v) is 13.7. The monoisotopic (exact) mass is 328 g/mol. The van der Waals surface area contributed by atoms with E-state index >= 15 is 0 Å². The lowest BCUT2D eigenvalue weighted by atomic mass is 10.2. The number of nitrogens with zero attached hydrogens (tertiary/aromatic N) is 4. The van der Waals surface area contributed by atoms with Crippen LogP contribution in [-0.2, 0) is 7.05 Å². The molecule has 0 saturated carbocycles. The largest absolute Gasteiger partial charge is 0.350 e. The zero-order chi connectivity index (χ0) is 17.2. The van der Waals surface area contributed by atoms with Crippen LogP contribution >= 0.6 is 0 Å². The first kappa shape index (κ1) is 15.1. The maximum absolute atomic E-state index is 13.0. The van der Waals surface area contributed by atoms with Crippen molar-refractivity contribution >= 4 is 17.1 Å². The second kappa shape index (κ2) is 6.20. The third kappa shape index (κ3) is 2.76. The minimum absolute atomic E-state index is 0.185. The Morgan fingerprint density at radius 3 is 2.48 bits per heavy atom. The Morgan fingerprint density at radius 2 is 1.72 bits per heavy atom. The fourth-order valence-electron chi connectivity index (χ4n) is 2.73. The standard InChI is InChI=1S/C20H16N4O/c1-23-13-7-10-16(23)14-21-24-19(15-8-3-2-4-9-15)22-18-12-6-5-11-17(18)20(24)25/h2-14H,1H3. The second-order valence-electron chi connectivity index (χ2n) is 5.72. The summed E-state index contributed by atoms with van der Waals surface area (Å²) in [6.07, 6.45) is 3.60. The summed E-state index contributed by atoms with van der Waals surface area (Å²) >= 11 is 0. The van der Waals surface area contributed by atoms with Crippen molar-refractivity contribution in [2.45, 2.75) is 0 Å². The Bertz CT molecular complexity index is 1120. The lowest BCUT2D eigenvalue weighted by Gasteiger charge is -2.09. The van der Waals surface area contributed by atoms with Gasteiger partial charge in [0.1, 0.15) is 0 Å². The molecule has 0 aliphatic heterocycles. The van der Waals surface area contributed by atoms with Crippen molar-refractivity contribution in [1.82, 2.24) is 14.2 Å². The maximum atomic E-state index is 13.0. The lowest BCUT2D eigenvalue weighted by molar-refractivity contribution is 0.825. The number of rotatable bonds is 3. The second-order valence-corrected chi connectivity index (χ2v) is 5.72. The normalized spacial score (nSPS) is 11.4. The van der Waals surface area contributed by atoms with Crippen LogP contribution in [-0.4, -0.2) is 20.4 Å². The van der Waals surface area contributed by atoms with Crippen molar-refractivity contribution < 1.29 is 0 Å². The molecular weight excluding hydrogens is 312 g/mol. The van der Waals surface area contributed by atoms with Gasteiger partial charge in [-0.05, 0) is 24.3 Å². The summed E-state index contributed by atoms with van der Waals surface area (Å²) in [6, 6.07) is 20.8. The summed E-state index contributed by atoms with van der Waals surface area (Å²) in [5.41, 5.74) is 2.22. The van der Waals surface area contributed by atoms with Crippen molar-refractivity contribution in [3.8, 4) is 11.4 Å². The highest BCUT2D eigenvalue weighted by molar-refractivity contribution is 5.81. The van der Waals surface area contributed by atoms with Gasteiger partial charge in [-0.15, -0.1) is 0 Å². The van der Waals surface area contributed by atoms with Gasteiger partial charge in [-0.1, -0.05) is 42.5 Å². The minimum Gasteiger partial charge on any atom is -0.350 e. The van der Waals surface area contributed by atoms with Gasteiger partial charge in [0.15, 0.2) is 5.82 Å². The van der Waals surface area contributed by atoms with Crippen LogP contribution in [0.15, 0.2) is 82.8 Å². The molecule has 2 aromatic carbocycles. The summed E-state index contributed by atoms with van der Waals surface area (Å²) in [7, 11) is 1.93. The average Bonchev–Trinajstić information content (AvgIpc) is 3.06. The fourth-order valence-corrected chi connectivity index (χ4v) is 2.73. The number of fused-ring (bicyclic) bond motifs is 1. The average molecular weight is 328 g/mol. The Kier molecular flexibility index (Phi) is 3.74. The van der Waals surface area contributed by atoms with Crippen LogP contribution in [0, 0.1) is 0 Å². The van der Waals surface area contributed by atoms with E-state index in [2.05, 4.69) is 10.1 Å². The molecule has 0 atom stereocenters. The number of aryl methyl sites for hydroxylation is 1. The highest BCUT2D eigenvalue weighted by Gasteiger charge is 2.11. The van der Waals surface area contributed by atoms with E-state index in [-0.39, 0.29) is 5.56 Å². The summed E-state index contributed by atoms with van der Waals surface area (Å²) in [5.74, 6) is 0.523. The van der Waals surface area contributed by atoms with Crippen LogP contribution in [0.4, 0.5) is 0 Å². The molecule has 0 spiro atoms. The van der Waals surface area contributed by atoms with Crippen LogP contribution in [0.25, 0.3) is 22.3 Å². The van der Waals surface area contributed by atoms with Gasteiger partial charge in [0.2, 0.25) is 0 Å². The molecule has 0 radical (unpaired) electrons. The Balaban J connectivity index is 1.97. The van der Waals surface area contributed by atoms with Gasteiger partial charge in [0.05, 0.1) is 22.8 Å². The van der Waals surface area contributed by atoms with E-state index < -0.39 is 0 Å². The van der Waals surface area contributed by atoms with Gasteiger partial charge < -0.3 is 4.57 Å². The Labute approximate surface area is 144 Å². The highest BCUT2D eigenvalue weighted by Crippen LogP contribution is 2.18. The summed E-state index contributed by atoms with van der Waals surface area (Å²) in [5, 5.41) is 4.98. The number of benzene rings is 2. The molecule has 5 nitrogen and oxygen atoms in total. The zero-order valence-electron chi connectivity index (χ0n) is 13.7. The quantitative estimate of drug-likeness (QED) is 0.542. The molecule has 0 amide bonds. The van der Waals surface area contributed by atoms with Gasteiger partial charge in [0, 0.05) is 18.8 Å². The molecule has 2 heterocycles. The molecule has 0 bridgehead atoms. The van der Waals surface area contributed by atoms with E-state index in [1.54, 1.807) is 12.3 Å². The third-order valence-corrected chi connectivity index (χ3v) is 4.08. The summed E-state index contributed by atoms with van der Waals surface area (Å²) < 4.78 is 3.30. The summed E-state index contributed by atoms with van der Waals surface area (Å²) in [4.78, 5) is 17.6. The molecule has 0 aliphatic rings. The first-order valence-electron chi connectivity index (χ1n) is 7.97. The van der Waals surface area contributed by atoms with Crippen LogP contribution in [0.5, 0.6) is 0 Å². The van der Waals surface area contributed by atoms with Crippen molar-refractivity contribution in [1.29, 1.82) is 0 Å². The van der Waals surface area contributed by atoms with Crippen LogP contribution in [0.3, 0.4) is 0 Å². The molecule has 0 N–H and O–H groups in total. The van der Waals surface area contributed by atoms with Gasteiger partial charge >= 0.3 is 0 Å². The maximum Gasteiger partial charge on any atom is 0.282 e. The predicted octanol–water partition coefficient (Wildman–Crippen LogP) is 3.28. The van der Waals surface area contributed by atoms with Gasteiger partial charge in [-0.2, -0.15) is 9.78 Å². The molecule has 4 aromatic rings. The molecule has 122 valence electrons. The van der Waals surface area contributed by atoms with Gasteiger partial charge in [0.25, 0.3) is 5.56 Å². The van der Waals surface area contributed by atoms with Gasteiger partial charge in [-0.3, -0.25) is 4.79 Å². The number of para-hydroxylation sites is 1. The molecule has 25 heavy (non-hydrogen) atoms.